The Kier molecular flexibility index (Phi) is 3.07. The zero-order valence-electron chi connectivity index (χ0n) is 7.13. The molecular formula is C8H18N2OS. The van der Waals surface area contributed by atoms with Crippen molar-refractivity contribution in [3.63, 3.8) is 0 Å². The topological polar surface area (TPSA) is 53.3 Å². The first-order valence-corrected chi connectivity index (χ1v) is 5.38. The van der Waals surface area contributed by atoms with E-state index in [1.54, 1.807) is 6.21 Å². The molecule has 0 bridgehead atoms. The predicted molar refractivity (Wildman–Crippen MR) is 54.5 cm³/mol. The Morgan fingerprint density at radius 2 is 2.17 bits per heavy atom. The number of aliphatic imine (C=N–C) groups is 1. The molecule has 0 amide bonds. The van der Waals surface area contributed by atoms with E-state index in [-0.39, 0.29) is 13.5 Å². The largest absolute Gasteiger partial charge is 0.292 e. The van der Waals surface area contributed by atoms with Gasteiger partial charge in [0.2, 0.25) is 0 Å². The number of nitrogens with one attached hydrogen (secondary N) is 1. The second kappa shape index (κ2) is 3.17. The molecule has 0 fully saturated rings. The minimum absolute atomic E-state index is 0. The van der Waals surface area contributed by atoms with Gasteiger partial charge in [-0.1, -0.05) is 7.43 Å². The van der Waals surface area contributed by atoms with Crippen molar-refractivity contribution in [2.45, 2.75) is 39.0 Å². The minimum atomic E-state index is -2.46. The van der Waals surface area contributed by atoms with Crippen LogP contribution >= 0.6 is 0 Å². The highest BCUT2D eigenvalue weighted by molar-refractivity contribution is 7.94. The van der Waals surface area contributed by atoms with E-state index in [0.29, 0.717) is 5.75 Å². The normalized spacial score (nSPS) is 38.8. The second-order valence-corrected chi connectivity index (χ2v) is 6.19. The third-order valence-corrected chi connectivity index (χ3v) is 5.15. The predicted octanol–water partition coefficient (Wildman–Crippen LogP) is 1.92. The fraction of sp³-hybridized carbons (Fsp3) is 0.875. The first kappa shape index (κ1) is 11.6. The van der Waals surface area contributed by atoms with E-state index in [2.05, 4.69) is 4.99 Å². The van der Waals surface area contributed by atoms with E-state index >= 15 is 0 Å². The summed E-state index contributed by atoms with van der Waals surface area (Å²) >= 11 is 0. The van der Waals surface area contributed by atoms with Gasteiger partial charge >= 0.3 is 0 Å². The third kappa shape index (κ3) is 1.53. The summed E-state index contributed by atoms with van der Waals surface area (Å²) in [6.07, 6.45) is 1.62. The maximum Gasteiger partial charge on any atom is 0.0706 e. The van der Waals surface area contributed by atoms with Crippen LogP contribution in [-0.4, -0.2) is 27.0 Å². The van der Waals surface area contributed by atoms with E-state index in [0.717, 1.165) is 0 Å². The number of hydrogen-bond acceptors (Lipinski definition) is 3. The molecule has 2 unspecified atom stereocenters. The molecule has 2 atom stereocenters. The maximum atomic E-state index is 11.6. The average molecular weight is 190 g/mol. The molecular weight excluding hydrogens is 172 g/mol. The van der Waals surface area contributed by atoms with Gasteiger partial charge in [0.15, 0.2) is 0 Å². The SMILES string of the molecule is C.CC1N=CCS(=N)(=O)C1(C)C. The zero-order chi connectivity index (χ0) is 8.70. The molecule has 0 aromatic rings. The van der Waals surface area contributed by atoms with Gasteiger partial charge in [-0.3, -0.25) is 9.77 Å². The minimum Gasteiger partial charge on any atom is -0.292 e. The Balaban J connectivity index is 0.00000121. The van der Waals surface area contributed by atoms with Gasteiger partial charge < -0.3 is 0 Å². The van der Waals surface area contributed by atoms with Crippen LogP contribution in [0.3, 0.4) is 0 Å². The van der Waals surface area contributed by atoms with Crippen molar-refractivity contribution < 1.29 is 4.21 Å². The van der Waals surface area contributed by atoms with Crippen LogP contribution in [0.15, 0.2) is 4.99 Å². The van der Waals surface area contributed by atoms with Crippen LogP contribution in [0.4, 0.5) is 0 Å². The van der Waals surface area contributed by atoms with Gasteiger partial charge in [-0.2, -0.15) is 0 Å². The lowest BCUT2D eigenvalue weighted by atomic mass is 10.1. The van der Waals surface area contributed by atoms with E-state index in [1.165, 1.54) is 0 Å². The van der Waals surface area contributed by atoms with E-state index in [1.807, 2.05) is 20.8 Å². The van der Waals surface area contributed by atoms with E-state index in [4.69, 9.17) is 4.78 Å². The van der Waals surface area contributed by atoms with Crippen LogP contribution in [-0.2, 0) is 9.73 Å². The summed E-state index contributed by atoms with van der Waals surface area (Å²) in [5.41, 5.74) is 0. The molecule has 12 heavy (non-hydrogen) atoms. The standard InChI is InChI=1S/C7H14N2OS.CH4/c1-6-7(2,3)11(8,10)5-4-9-6;/h4,6,8H,5H2,1-3H3;1H4. The molecule has 0 aromatic heterocycles. The molecule has 1 aliphatic rings. The first-order chi connectivity index (χ1) is 4.88. The highest BCUT2D eigenvalue weighted by atomic mass is 32.2. The number of hydrogen-bond donors (Lipinski definition) is 1. The maximum absolute atomic E-state index is 11.6. The average Bonchev–Trinajstić information content (AvgIpc) is 1.84. The van der Waals surface area contributed by atoms with Crippen molar-refractivity contribution in [3.05, 3.63) is 0 Å². The quantitative estimate of drug-likeness (QED) is 0.623. The van der Waals surface area contributed by atoms with Gasteiger partial charge in [0.1, 0.15) is 0 Å². The van der Waals surface area contributed by atoms with Gasteiger partial charge in [-0.05, 0) is 20.8 Å². The molecule has 0 radical (unpaired) electrons. The molecule has 0 aliphatic carbocycles. The number of nitrogens with zero attached hydrogens (tertiary/aromatic N) is 1. The van der Waals surface area contributed by atoms with E-state index in [9.17, 15) is 4.21 Å². The number of rotatable bonds is 0. The summed E-state index contributed by atoms with van der Waals surface area (Å²) in [5.74, 6) is 0.310. The van der Waals surface area contributed by atoms with Gasteiger partial charge in [-0.25, -0.2) is 4.21 Å². The van der Waals surface area contributed by atoms with Crippen LogP contribution in [0.1, 0.15) is 28.2 Å². The summed E-state index contributed by atoms with van der Waals surface area (Å²) in [6, 6.07) is 0.00116. The Hall–Kier alpha value is -0.380. The summed E-state index contributed by atoms with van der Waals surface area (Å²) in [7, 11) is -2.46. The molecule has 3 nitrogen and oxygen atoms in total. The van der Waals surface area contributed by atoms with Crippen molar-refractivity contribution in [1.29, 1.82) is 4.78 Å². The van der Waals surface area contributed by atoms with Crippen molar-refractivity contribution >= 4 is 15.9 Å². The Labute approximate surface area is 75.3 Å². The van der Waals surface area contributed by atoms with E-state index < -0.39 is 14.5 Å². The summed E-state index contributed by atoms with van der Waals surface area (Å²) in [5, 5.41) is 0. The fourth-order valence-corrected chi connectivity index (χ4v) is 2.31. The van der Waals surface area contributed by atoms with Crippen molar-refractivity contribution in [3.8, 4) is 0 Å². The fourth-order valence-electron chi connectivity index (χ4n) is 0.976. The smallest absolute Gasteiger partial charge is 0.0706 e. The molecule has 72 valence electrons. The van der Waals surface area contributed by atoms with Gasteiger partial charge in [0.05, 0.1) is 26.3 Å². The van der Waals surface area contributed by atoms with Crippen LogP contribution in [0.2, 0.25) is 0 Å². The van der Waals surface area contributed by atoms with Crippen molar-refractivity contribution in [2.24, 2.45) is 4.99 Å². The highest BCUT2D eigenvalue weighted by Gasteiger charge is 2.37. The summed E-state index contributed by atoms with van der Waals surface area (Å²) in [4.78, 5) is 4.15. The van der Waals surface area contributed by atoms with Gasteiger partial charge in [0.25, 0.3) is 0 Å². The van der Waals surface area contributed by atoms with Crippen LogP contribution in [0.5, 0.6) is 0 Å². The third-order valence-electron chi connectivity index (χ3n) is 2.49. The van der Waals surface area contributed by atoms with Crippen molar-refractivity contribution in [1.82, 2.24) is 0 Å². The lowest BCUT2D eigenvalue weighted by Gasteiger charge is -2.33. The molecule has 1 heterocycles. The van der Waals surface area contributed by atoms with Gasteiger partial charge in [-0.15, -0.1) is 0 Å². The zero-order valence-corrected chi connectivity index (χ0v) is 7.94. The molecule has 0 saturated heterocycles. The van der Waals surface area contributed by atoms with Crippen LogP contribution < -0.4 is 0 Å². The second-order valence-electron chi connectivity index (χ2n) is 3.45. The molecule has 4 heteroatoms. The highest BCUT2D eigenvalue weighted by Crippen LogP contribution is 2.26. The molecule has 1 N–H and O–H groups in total. The monoisotopic (exact) mass is 190 g/mol. The lowest BCUT2D eigenvalue weighted by Crippen LogP contribution is -2.45. The Bertz CT molecular complexity index is 277. The Morgan fingerprint density at radius 3 is 2.50 bits per heavy atom. The summed E-state index contributed by atoms with van der Waals surface area (Å²) < 4.78 is 18.8. The van der Waals surface area contributed by atoms with Gasteiger partial charge in [0, 0.05) is 6.21 Å². The van der Waals surface area contributed by atoms with Crippen LogP contribution in [0.25, 0.3) is 0 Å². The first-order valence-electron chi connectivity index (χ1n) is 3.65. The molecule has 0 aromatic carbocycles. The lowest BCUT2D eigenvalue weighted by molar-refractivity contribution is 0.538. The molecule has 0 saturated carbocycles. The summed E-state index contributed by atoms with van der Waals surface area (Å²) in [6.45, 7) is 5.61. The Morgan fingerprint density at radius 1 is 1.67 bits per heavy atom. The van der Waals surface area contributed by atoms with Crippen molar-refractivity contribution in [2.75, 3.05) is 5.75 Å². The van der Waals surface area contributed by atoms with Crippen LogP contribution in [0, 0.1) is 4.78 Å². The molecule has 0 spiro atoms. The molecule has 1 aliphatic heterocycles. The molecule has 1 rings (SSSR count).